The molecule has 16 heteroatoms. The Morgan fingerprint density at radius 2 is 1.70 bits per heavy atom. The molecule has 344 valence electrons. The lowest BCUT2D eigenvalue weighted by Crippen LogP contribution is -2.70. The maximum atomic E-state index is 14.9. The van der Waals surface area contributed by atoms with Crippen molar-refractivity contribution in [3.63, 3.8) is 0 Å². The third kappa shape index (κ3) is 11.1. The van der Waals surface area contributed by atoms with Crippen LogP contribution in [0.2, 0.25) is 0 Å². The molecule has 3 aliphatic rings. The molecule has 64 heavy (non-hydrogen) atoms. The van der Waals surface area contributed by atoms with Crippen molar-refractivity contribution in [3.05, 3.63) is 118 Å². The summed E-state index contributed by atoms with van der Waals surface area (Å²) in [6.07, 6.45) is 6.33. The molecule has 1 heterocycles. The van der Waals surface area contributed by atoms with Crippen LogP contribution in [0.25, 0.3) is 0 Å². The lowest BCUT2D eigenvalue weighted by molar-refractivity contribution is -0.384. The lowest BCUT2D eigenvalue weighted by atomic mass is 9.55. The molecule has 2 amide bonds. The van der Waals surface area contributed by atoms with Crippen LogP contribution in [0.15, 0.2) is 96.2 Å². The van der Waals surface area contributed by atoms with Crippen molar-refractivity contribution in [2.24, 2.45) is 22.9 Å². The first kappa shape index (κ1) is 47.6. The number of aliphatic hydroxyl groups is 2. The maximum Gasteiger partial charge on any atom is 0.416 e. The fourth-order valence-electron chi connectivity index (χ4n) is 9.08. The fourth-order valence-corrected chi connectivity index (χ4v) is 9.08. The molecular weight excluding hydrogens is 828 g/mol. The standard InChI is InChI=1S/C48H59FN4O11/c1-6-26-60-48-42(52(30-31-14-16-33(49)17-15-31)46(57)62-35-20-18-34(19-21-35)53(58)59)29-40(51-64-47(3,4)5)38-27-32(12-8-10-24-54)37(13-9-11-25-55)43(44(38)48)39-28-36(22-23-41(39)63-48)61-45(56)50-7-2/h6,14-23,27-28,32,37,42-44,54-55H,1,7-13,24-26,29-30H2,2-5H3,(H,50,56). The van der Waals surface area contributed by atoms with E-state index in [9.17, 15) is 34.3 Å². The van der Waals surface area contributed by atoms with E-state index in [4.69, 9.17) is 28.9 Å². The zero-order valence-corrected chi connectivity index (χ0v) is 36.9. The smallest absolute Gasteiger partial charge is 0.416 e. The first-order valence-electron chi connectivity index (χ1n) is 21.9. The summed E-state index contributed by atoms with van der Waals surface area (Å²) in [6.45, 7) is 11.7. The van der Waals surface area contributed by atoms with Crippen LogP contribution in [0.4, 0.5) is 19.7 Å². The number of nitro benzene ring substituents is 1. The Morgan fingerprint density at radius 3 is 2.34 bits per heavy atom. The highest BCUT2D eigenvalue weighted by Crippen LogP contribution is 2.62. The summed E-state index contributed by atoms with van der Waals surface area (Å²) in [5, 5.41) is 38.8. The highest BCUT2D eigenvalue weighted by molar-refractivity contribution is 6.03. The largest absolute Gasteiger partial charge is 0.459 e. The van der Waals surface area contributed by atoms with Crippen LogP contribution in [0, 0.1) is 33.7 Å². The second-order valence-electron chi connectivity index (χ2n) is 17.3. The first-order chi connectivity index (χ1) is 30.7. The van der Waals surface area contributed by atoms with Crippen LogP contribution in [0.1, 0.15) is 89.7 Å². The number of non-ortho nitro benzene ring substituents is 1. The minimum absolute atomic E-state index is 0.00589. The van der Waals surface area contributed by atoms with Crippen LogP contribution >= 0.6 is 0 Å². The van der Waals surface area contributed by atoms with E-state index in [-0.39, 0.29) is 61.8 Å². The molecular formula is C48H59FN4O11. The van der Waals surface area contributed by atoms with Gasteiger partial charge >= 0.3 is 12.2 Å². The summed E-state index contributed by atoms with van der Waals surface area (Å²) in [4.78, 5) is 46.3. The molecule has 2 aliphatic carbocycles. The molecule has 0 spiro atoms. The molecule has 6 unspecified atom stereocenters. The van der Waals surface area contributed by atoms with Gasteiger partial charge in [0.05, 0.1) is 23.2 Å². The number of allylic oxidation sites excluding steroid dienone is 1. The number of nitrogens with zero attached hydrogens (tertiary/aromatic N) is 3. The van der Waals surface area contributed by atoms with E-state index >= 15 is 0 Å². The SMILES string of the molecule is C=CCOC12Oc3ccc(OC(=O)NCC)cc3C3C(CCCCO)C(CCCCO)C=C(C(=NOC(C)(C)C)CC1N(Cc1ccc(F)cc1)C(=O)Oc1ccc([N+](=O)[O-])cc1)C32. The fraction of sp³-hybridized carbons (Fsp3) is 0.479. The maximum absolute atomic E-state index is 14.9. The zero-order chi connectivity index (χ0) is 46.0. The number of unbranched alkanes of at least 4 members (excludes halogenated alkanes) is 2. The Kier molecular flexibility index (Phi) is 15.8. The van der Waals surface area contributed by atoms with E-state index in [0.717, 1.165) is 24.0 Å². The number of carbonyl (C=O) groups excluding carboxylic acids is 2. The lowest BCUT2D eigenvalue weighted by Gasteiger charge is -2.59. The highest BCUT2D eigenvalue weighted by Gasteiger charge is 2.66. The molecule has 1 saturated carbocycles. The highest BCUT2D eigenvalue weighted by atomic mass is 19.1. The Hall–Kier alpha value is -5.84. The number of ether oxygens (including phenoxy) is 4. The quantitative estimate of drug-likeness (QED) is 0.0451. The number of benzene rings is 3. The van der Waals surface area contributed by atoms with Gasteiger partial charge in [-0.15, -0.1) is 6.58 Å². The van der Waals surface area contributed by atoms with Gasteiger partial charge in [0.15, 0.2) is 0 Å². The van der Waals surface area contributed by atoms with Crippen LogP contribution in [0.3, 0.4) is 0 Å². The number of rotatable bonds is 19. The van der Waals surface area contributed by atoms with E-state index in [1.165, 1.54) is 41.3 Å². The van der Waals surface area contributed by atoms with Crippen molar-refractivity contribution < 1.29 is 52.9 Å². The van der Waals surface area contributed by atoms with Gasteiger partial charge in [0.1, 0.15) is 34.7 Å². The van der Waals surface area contributed by atoms with Gasteiger partial charge in [-0.3, -0.25) is 15.0 Å². The minimum Gasteiger partial charge on any atom is -0.459 e. The van der Waals surface area contributed by atoms with Gasteiger partial charge < -0.3 is 39.3 Å². The molecule has 3 N–H and O–H groups in total. The molecule has 3 aromatic rings. The predicted octanol–water partition coefficient (Wildman–Crippen LogP) is 8.98. The molecule has 0 saturated heterocycles. The summed E-state index contributed by atoms with van der Waals surface area (Å²) in [6, 6.07) is 15.0. The second kappa shape index (κ2) is 21.2. The van der Waals surface area contributed by atoms with E-state index < -0.39 is 52.2 Å². The average molecular weight is 887 g/mol. The van der Waals surface area contributed by atoms with Gasteiger partial charge in [0.25, 0.3) is 5.69 Å². The van der Waals surface area contributed by atoms with Gasteiger partial charge in [-0.25, -0.2) is 14.0 Å². The van der Waals surface area contributed by atoms with Gasteiger partial charge in [0, 0.05) is 56.3 Å². The summed E-state index contributed by atoms with van der Waals surface area (Å²) < 4.78 is 40.4. The van der Waals surface area contributed by atoms with Gasteiger partial charge in [-0.05, 0) is 119 Å². The van der Waals surface area contributed by atoms with Crippen molar-refractivity contribution >= 4 is 23.6 Å². The second-order valence-corrected chi connectivity index (χ2v) is 17.3. The summed E-state index contributed by atoms with van der Waals surface area (Å²) in [7, 11) is 0. The molecule has 0 bridgehead atoms. The van der Waals surface area contributed by atoms with Crippen molar-refractivity contribution in [2.75, 3.05) is 26.4 Å². The van der Waals surface area contributed by atoms with Gasteiger partial charge in [-0.2, -0.15) is 0 Å². The number of carbonyl (C=O) groups is 2. The van der Waals surface area contributed by atoms with Crippen LogP contribution < -0.4 is 19.5 Å². The number of nitro groups is 1. The Bertz CT molecular complexity index is 2170. The first-order valence-corrected chi connectivity index (χ1v) is 21.9. The predicted molar refractivity (Wildman–Crippen MR) is 237 cm³/mol. The Balaban J connectivity index is 1.62. The number of hydrogen-bond donors (Lipinski definition) is 3. The summed E-state index contributed by atoms with van der Waals surface area (Å²) in [5.74, 6) is -2.69. The molecule has 0 aromatic heterocycles. The molecule has 0 radical (unpaired) electrons. The number of oxime groups is 1. The third-order valence-electron chi connectivity index (χ3n) is 11.7. The van der Waals surface area contributed by atoms with E-state index in [1.54, 1.807) is 37.3 Å². The number of hydrogen-bond acceptors (Lipinski definition) is 12. The van der Waals surface area contributed by atoms with Crippen molar-refractivity contribution in [1.29, 1.82) is 0 Å². The molecule has 6 atom stereocenters. The van der Waals surface area contributed by atoms with Crippen LogP contribution in [-0.2, 0) is 16.1 Å². The van der Waals surface area contributed by atoms with E-state index in [0.29, 0.717) is 49.3 Å². The van der Waals surface area contributed by atoms with Gasteiger partial charge in [0.2, 0.25) is 5.79 Å². The van der Waals surface area contributed by atoms with Gasteiger partial charge in [-0.1, -0.05) is 42.3 Å². The molecule has 1 aliphatic heterocycles. The molecule has 15 nitrogen and oxygen atoms in total. The number of aliphatic hydroxyl groups excluding tert-OH is 2. The molecule has 3 aromatic carbocycles. The number of halogens is 1. The van der Waals surface area contributed by atoms with Crippen molar-refractivity contribution in [3.8, 4) is 17.2 Å². The number of fused-ring (bicyclic) bond motifs is 2. The minimum atomic E-state index is -1.68. The topological polar surface area (TPSA) is 192 Å². The molecule has 6 rings (SSSR count). The van der Waals surface area contributed by atoms with Crippen molar-refractivity contribution in [1.82, 2.24) is 10.2 Å². The summed E-state index contributed by atoms with van der Waals surface area (Å²) >= 11 is 0. The average Bonchev–Trinajstić information content (AvgIpc) is 3.26. The number of amides is 2. The monoisotopic (exact) mass is 886 g/mol. The molecule has 1 fully saturated rings. The van der Waals surface area contributed by atoms with E-state index in [1.807, 2.05) is 26.8 Å². The third-order valence-corrected chi connectivity index (χ3v) is 11.7. The van der Waals surface area contributed by atoms with Crippen LogP contribution in [0.5, 0.6) is 17.2 Å². The van der Waals surface area contributed by atoms with E-state index in [2.05, 4.69) is 18.0 Å². The van der Waals surface area contributed by atoms with Crippen molar-refractivity contribution in [2.45, 2.75) is 103 Å². The Morgan fingerprint density at radius 1 is 1.02 bits per heavy atom. The summed E-state index contributed by atoms with van der Waals surface area (Å²) in [5.41, 5.74) is 1.71. The zero-order valence-electron chi connectivity index (χ0n) is 36.9. The normalized spacial score (nSPS) is 22.8. The Labute approximate surface area is 373 Å². The number of nitrogens with one attached hydrogen (secondary N) is 1. The van der Waals surface area contributed by atoms with Crippen LogP contribution in [-0.4, -0.2) is 81.7 Å².